The molecule has 0 rings (SSSR count). The number of nitrogens with one attached hydrogen (secondary N) is 1. The molecule has 0 aromatic carbocycles. The smallest absolute Gasteiger partial charge is 0.344 e. The van der Waals surface area contributed by atoms with Gasteiger partial charge in [-0.3, -0.25) is 0 Å². The molecule has 0 fully saturated rings. The highest BCUT2D eigenvalue weighted by molar-refractivity contribution is 5.90. The number of nitrogens with zero attached hydrogens (tertiary/aromatic N) is 1. The van der Waals surface area contributed by atoms with Crippen LogP contribution in [-0.2, 0) is 0 Å². The molecule has 0 aliphatic heterocycles. The normalized spacial score (nSPS) is 9.31. The Kier molecular flexibility index (Phi) is 6.68. The van der Waals surface area contributed by atoms with Gasteiger partial charge in [0.1, 0.15) is 0 Å². The van der Waals surface area contributed by atoms with Gasteiger partial charge >= 0.3 is 6.03 Å². The molecule has 0 aliphatic rings. The Morgan fingerprint density at radius 1 is 1.31 bits per heavy atom. The molecule has 0 bridgehead atoms. The molecule has 5 N–H and O–H groups in total. The fourth-order valence-corrected chi connectivity index (χ4v) is 0.904. The van der Waals surface area contributed by atoms with Crippen LogP contribution >= 0.6 is 0 Å². The minimum atomic E-state index is -0.462. The van der Waals surface area contributed by atoms with E-state index in [0.717, 1.165) is 12.8 Å². The van der Waals surface area contributed by atoms with Gasteiger partial charge in [-0.1, -0.05) is 26.2 Å². The summed E-state index contributed by atoms with van der Waals surface area (Å²) in [5, 5.41) is 2.59. The first-order chi connectivity index (χ1) is 6.16. The molecule has 5 nitrogen and oxygen atoms in total. The Morgan fingerprint density at radius 3 is 2.54 bits per heavy atom. The third-order valence-corrected chi connectivity index (χ3v) is 1.54. The predicted octanol–water partition coefficient (Wildman–Crippen LogP) is 0.550. The van der Waals surface area contributed by atoms with Crippen molar-refractivity contribution in [3.05, 3.63) is 0 Å². The average Bonchev–Trinajstić information content (AvgIpc) is 2.02. The van der Waals surface area contributed by atoms with E-state index in [1.165, 1.54) is 12.8 Å². The van der Waals surface area contributed by atoms with Crippen LogP contribution in [0, 0.1) is 0 Å². The lowest BCUT2D eigenvalue weighted by molar-refractivity contribution is 0.249. The summed E-state index contributed by atoms with van der Waals surface area (Å²) in [6, 6.07) is -0.462. The van der Waals surface area contributed by atoms with Crippen LogP contribution in [0.2, 0.25) is 0 Å². The second-order valence-electron chi connectivity index (χ2n) is 2.83. The molecule has 13 heavy (non-hydrogen) atoms. The van der Waals surface area contributed by atoms with E-state index in [-0.39, 0.29) is 5.96 Å². The van der Waals surface area contributed by atoms with Gasteiger partial charge in [0.05, 0.1) is 0 Å². The van der Waals surface area contributed by atoms with Crippen LogP contribution in [-0.4, -0.2) is 18.5 Å². The van der Waals surface area contributed by atoms with Crippen molar-refractivity contribution in [2.45, 2.75) is 32.6 Å². The number of unbranched alkanes of at least 4 members (excludes halogenated alkanes) is 3. The van der Waals surface area contributed by atoms with E-state index in [9.17, 15) is 4.79 Å². The maximum Gasteiger partial charge on any atom is 0.344 e. The number of carbonyl (C=O) groups excluding carboxylic acids is 1. The van der Waals surface area contributed by atoms with Gasteiger partial charge in [-0.25, -0.2) is 4.79 Å². The summed E-state index contributed by atoms with van der Waals surface area (Å²) in [6.07, 6.45) is 4.47. The molecule has 0 atom stereocenters. The molecule has 5 heteroatoms. The van der Waals surface area contributed by atoms with Crippen molar-refractivity contribution in [3.63, 3.8) is 0 Å². The molecule has 0 aliphatic carbocycles. The number of aliphatic imine (C=N–C) groups is 1. The lowest BCUT2D eigenvalue weighted by Gasteiger charge is -2.00. The highest BCUT2D eigenvalue weighted by atomic mass is 16.2. The maximum atomic E-state index is 10.8. The molecule has 0 aromatic heterocycles. The molecule has 0 heterocycles. The topological polar surface area (TPSA) is 93.5 Å². The molecule has 0 unspecified atom stereocenters. The highest BCUT2D eigenvalue weighted by Crippen LogP contribution is 1.96. The third kappa shape index (κ3) is 8.65. The molecule has 0 radical (unpaired) electrons. The zero-order valence-corrected chi connectivity index (χ0v) is 8.05. The van der Waals surface area contributed by atoms with Gasteiger partial charge in [0.15, 0.2) is 5.96 Å². The van der Waals surface area contributed by atoms with E-state index in [1.807, 2.05) is 0 Å². The minimum Gasteiger partial charge on any atom is -0.370 e. The van der Waals surface area contributed by atoms with Gasteiger partial charge < -0.3 is 16.8 Å². The number of nitrogens with two attached hydrogens (primary N) is 2. The number of hydrogen-bond acceptors (Lipinski definition) is 1. The standard InChI is InChI=1S/C8H18N4O/c1-2-3-4-5-6-11-8(13)12-7(9)10/h2-6H2,1H3,(H5,9,10,11,12,13). The van der Waals surface area contributed by atoms with Crippen LogP contribution < -0.4 is 16.8 Å². The van der Waals surface area contributed by atoms with Crippen molar-refractivity contribution in [2.75, 3.05) is 6.54 Å². The Morgan fingerprint density at radius 2 is 2.00 bits per heavy atom. The van der Waals surface area contributed by atoms with E-state index < -0.39 is 6.03 Å². The first kappa shape index (κ1) is 11.7. The van der Waals surface area contributed by atoms with Gasteiger partial charge in [0.25, 0.3) is 0 Å². The van der Waals surface area contributed by atoms with Gasteiger partial charge in [-0.15, -0.1) is 0 Å². The Hall–Kier alpha value is -1.26. The zero-order chi connectivity index (χ0) is 10.1. The Balaban J connectivity index is 3.33. The van der Waals surface area contributed by atoms with Crippen LogP contribution in [0.3, 0.4) is 0 Å². The molecular weight excluding hydrogens is 168 g/mol. The van der Waals surface area contributed by atoms with Crippen molar-refractivity contribution in [1.29, 1.82) is 0 Å². The summed E-state index contributed by atoms with van der Waals surface area (Å²) in [5.41, 5.74) is 10.0. The second kappa shape index (κ2) is 7.39. The number of guanidine groups is 1. The fourth-order valence-electron chi connectivity index (χ4n) is 0.904. The van der Waals surface area contributed by atoms with Crippen LogP contribution in [0.5, 0.6) is 0 Å². The number of amides is 2. The molecule has 0 spiro atoms. The van der Waals surface area contributed by atoms with Crippen molar-refractivity contribution >= 4 is 12.0 Å². The highest BCUT2D eigenvalue weighted by Gasteiger charge is 1.96. The summed E-state index contributed by atoms with van der Waals surface area (Å²) >= 11 is 0. The Labute approximate surface area is 78.6 Å². The lowest BCUT2D eigenvalue weighted by atomic mass is 10.2. The van der Waals surface area contributed by atoms with E-state index >= 15 is 0 Å². The van der Waals surface area contributed by atoms with E-state index in [0.29, 0.717) is 6.54 Å². The van der Waals surface area contributed by atoms with Crippen LogP contribution in [0.15, 0.2) is 4.99 Å². The first-order valence-corrected chi connectivity index (χ1v) is 4.54. The summed E-state index contributed by atoms with van der Waals surface area (Å²) in [6.45, 7) is 2.77. The van der Waals surface area contributed by atoms with Crippen LogP contribution in [0.25, 0.3) is 0 Å². The van der Waals surface area contributed by atoms with Gasteiger partial charge in [-0.05, 0) is 6.42 Å². The third-order valence-electron chi connectivity index (χ3n) is 1.54. The summed E-state index contributed by atoms with van der Waals surface area (Å²) in [7, 11) is 0. The summed E-state index contributed by atoms with van der Waals surface area (Å²) in [5.74, 6) is -0.203. The molecule has 76 valence electrons. The number of hydrogen-bond donors (Lipinski definition) is 3. The van der Waals surface area contributed by atoms with Crippen molar-refractivity contribution in [2.24, 2.45) is 16.5 Å². The average molecular weight is 186 g/mol. The number of rotatable bonds is 5. The molecule has 0 aromatic rings. The van der Waals surface area contributed by atoms with Gasteiger partial charge in [0.2, 0.25) is 0 Å². The van der Waals surface area contributed by atoms with Crippen LogP contribution in [0.4, 0.5) is 4.79 Å². The molecule has 0 saturated carbocycles. The number of carbonyl (C=O) groups is 1. The summed E-state index contributed by atoms with van der Waals surface area (Å²) in [4.78, 5) is 14.1. The maximum absolute atomic E-state index is 10.8. The molecule has 2 amide bonds. The second-order valence-corrected chi connectivity index (χ2v) is 2.83. The van der Waals surface area contributed by atoms with E-state index in [1.54, 1.807) is 0 Å². The largest absolute Gasteiger partial charge is 0.370 e. The van der Waals surface area contributed by atoms with Gasteiger partial charge in [0, 0.05) is 6.54 Å². The van der Waals surface area contributed by atoms with Crippen molar-refractivity contribution in [1.82, 2.24) is 5.32 Å². The van der Waals surface area contributed by atoms with Crippen molar-refractivity contribution in [3.8, 4) is 0 Å². The zero-order valence-electron chi connectivity index (χ0n) is 8.05. The Bertz CT molecular complexity index is 175. The molecule has 0 saturated heterocycles. The minimum absolute atomic E-state index is 0.203. The quantitative estimate of drug-likeness (QED) is 0.332. The van der Waals surface area contributed by atoms with Crippen molar-refractivity contribution < 1.29 is 4.79 Å². The SMILES string of the molecule is CCCCCCNC(=O)N=C(N)N. The summed E-state index contributed by atoms with van der Waals surface area (Å²) < 4.78 is 0. The fraction of sp³-hybridized carbons (Fsp3) is 0.750. The van der Waals surface area contributed by atoms with E-state index in [2.05, 4.69) is 17.2 Å². The number of urea groups is 1. The molecular formula is C8H18N4O. The predicted molar refractivity (Wildman–Crippen MR) is 53.4 cm³/mol. The monoisotopic (exact) mass is 186 g/mol. The first-order valence-electron chi connectivity index (χ1n) is 4.54. The van der Waals surface area contributed by atoms with E-state index in [4.69, 9.17) is 11.5 Å². The van der Waals surface area contributed by atoms with Crippen LogP contribution in [0.1, 0.15) is 32.6 Å². The lowest BCUT2D eigenvalue weighted by Crippen LogP contribution is -2.29. The van der Waals surface area contributed by atoms with Gasteiger partial charge in [-0.2, -0.15) is 4.99 Å².